The average Bonchev–Trinajstić information content (AvgIpc) is 3.20. The van der Waals surface area contributed by atoms with Crippen molar-refractivity contribution in [2.24, 2.45) is 11.8 Å². The number of carbonyl (C=O) groups is 1. The maximum absolute atomic E-state index is 13.2. The van der Waals surface area contributed by atoms with Crippen molar-refractivity contribution in [3.05, 3.63) is 65.2 Å². The number of aryl methyl sites for hydroxylation is 1. The molecule has 0 unspecified atom stereocenters. The number of benzene rings is 2. The highest BCUT2D eigenvalue weighted by molar-refractivity contribution is 7.89. The molecule has 0 amide bonds. The molecule has 28 heavy (non-hydrogen) atoms. The van der Waals surface area contributed by atoms with Crippen LogP contribution in [0.2, 0.25) is 0 Å². The highest BCUT2D eigenvalue weighted by atomic mass is 32.2. The maximum atomic E-state index is 13.2. The second kappa shape index (κ2) is 6.99. The van der Waals surface area contributed by atoms with Crippen molar-refractivity contribution >= 4 is 16.0 Å². The second-order valence-electron chi connectivity index (χ2n) is 7.82. The lowest BCUT2D eigenvalue weighted by Crippen LogP contribution is -2.33. The number of rotatable bonds is 4. The number of hydrogen-bond acceptors (Lipinski definition) is 4. The third-order valence-electron chi connectivity index (χ3n) is 6.09. The van der Waals surface area contributed by atoms with Gasteiger partial charge < -0.3 is 5.11 Å². The Morgan fingerprint density at radius 1 is 1.07 bits per heavy atom. The van der Waals surface area contributed by atoms with E-state index in [-0.39, 0.29) is 28.3 Å². The zero-order valence-corrected chi connectivity index (χ0v) is 16.8. The minimum Gasteiger partial charge on any atom is -0.478 e. The highest BCUT2D eigenvalue weighted by Crippen LogP contribution is 2.45. The second-order valence-corrected chi connectivity index (χ2v) is 9.76. The summed E-state index contributed by atoms with van der Waals surface area (Å²) in [5.74, 6) is -0.632. The lowest BCUT2D eigenvalue weighted by Gasteiger charge is -2.28. The van der Waals surface area contributed by atoms with Gasteiger partial charge in [-0.3, -0.25) is 4.90 Å². The van der Waals surface area contributed by atoms with Crippen LogP contribution in [0.1, 0.15) is 27.5 Å². The van der Waals surface area contributed by atoms with Gasteiger partial charge in [0.2, 0.25) is 10.0 Å². The first kappa shape index (κ1) is 19.1. The molecule has 2 aromatic rings. The number of sulfonamides is 1. The summed E-state index contributed by atoms with van der Waals surface area (Å²) in [7, 11) is -1.62. The fraction of sp³-hybridized carbons (Fsp3) is 0.381. The van der Waals surface area contributed by atoms with Crippen molar-refractivity contribution in [3.63, 3.8) is 0 Å². The summed E-state index contributed by atoms with van der Waals surface area (Å²) < 4.78 is 27.8. The van der Waals surface area contributed by atoms with Crippen LogP contribution in [-0.4, -0.2) is 55.4 Å². The first-order valence-electron chi connectivity index (χ1n) is 9.38. The molecule has 0 bridgehead atoms. The van der Waals surface area contributed by atoms with Gasteiger partial charge in [-0.1, -0.05) is 30.3 Å². The van der Waals surface area contributed by atoms with E-state index in [0.717, 1.165) is 6.54 Å². The monoisotopic (exact) mass is 400 g/mol. The molecular formula is C21H24N2O4S. The average molecular weight is 401 g/mol. The molecule has 148 valence electrons. The van der Waals surface area contributed by atoms with Gasteiger partial charge in [0.15, 0.2) is 0 Å². The van der Waals surface area contributed by atoms with Gasteiger partial charge in [0.25, 0.3) is 0 Å². The van der Waals surface area contributed by atoms with E-state index in [1.54, 1.807) is 0 Å². The molecule has 2 heterocycles. The largest absolute Gasteiger partial charge is 0.478 e. The van der Waals surface area contributed by atoms with Gasteiger partial charge in [0.1, 0.15) is 0 Å². The summed E-state index contributed by atoms with van der Waals surface area (Å²) >= 11 is 0. The summed E-state index contributed by atoms with van der Waals surface area (Å²) in [6.07, 6.45) is 0. The number of fused-ring (bicyclic) bond motifs is 1. The van der Waals surface area contributed by atoms with Gasteiger partial charge in [0, 0.05) is 25.7 Å². The molecule has 0 saturated carbocycles. The number of carboxylic acids is 1. The van der Waals surface area contributed by atoms with Gasteiger partial charge in [-0.2, -0.15) is 4.31 Å². The number of hydrogen-bond donors (Lipinski definition) is 1. The molecule has 0 radical (unpaired) electrons. The maximum Gasteiger partial charge on any atom is 0.335 e. The van der Waals surface area contributed by atoms with Crippen molar-refractivity contribution in [2.45, 2.75) is 17.9 Å². The molecule has 0 aliphatic carbocycles. The van der Waals surface area contributed by atoms with Crippen LogP contribution in [0.15, 0.2) is 53.4 Å². The Morgan fingerprint density at radius 3 is 2.54 bits per heavy atom. The van der Waals surface area contributed by atoms with Crippen molar-refractivity contribution in [1.82, 2.24) is 9.21 Å². The molecule has 1 N–H and O–H groups in total. The van der Waals surface area contributed by atoms with Crippen LogP contribution in [0.3, 0.4) is 0 Å². The van der Waals surface area contributed by atoms with Crippen LogP contribution >= 0.6 is 0 Å². The topological polar surface area (TPSA) is 77.9 Å². The zero-order chi connectivity index (χ0) is 20.1. The summed E-state index contributed by atoms with van der Waals surface area (Å²) in [5.41, 5.74) is 2.46. The van der Waals surface area contributed by atoms with E-state index < -0.39 is 16.0 Å². The lowest BCUT2D eigenvalue weighted by molar-refractivity contribution is 0.0696. The molecule has 0 spiro atoms. The van der Waals surface area contributed by atoms with E-state index in [1.165, 1.54) is 39.7 Å². The molecule has 2 fully saturated rings. The van der Waals surface area contributed by atoms with Gasteiger partial charge in [-0.25, -0.2) is 13.2 Å². The molecule has 6 nitrogen and oxygen atoms in total. The van der Waals surface area contributed by atoms with Gasteiger partial charge in [0.05, 0.1) is 10.5 Å². The minimum absolute atomic E-state index is 0.0158. The number of aromatic carboxylic acids is 1. The van der Waals surface area contributed by atoms with E-state index in [2.05, 4.69) is 31.0 Å². The third kappa shape index (κ3) is 3.13. The SMILES string of the molecule is Cc1ccccc1[C@H]1[C@@H]2CN(S(=O)(=O)c3cccc(C(=O)O)c3)C[C@@H]2CN1C. The van der Waals surface area contributed by atoms with E-state index in [0.29, 0.717) is 13.1 Å². The van der Waals surface area contributed by atoms with Crippen molar-refractivity contribution in [3.8, 4) is 0 Å². The molecule has 7 heteroatoms. The Hall–Kier alpha value is -2.22. The molecule has 2 aromatic carbocycles. The zero-order valence-electron chi connectivity index (χ0n) is 15.9. The van der Waals surface area contributed by atoms with Crippen LogP contribution in [-0.2, 0) is 10.0 Å². The van der Waals surface area contributed by atoms with Gasteiger partial charge in [-0.15, -0.1) is 0 Å². The summed E-state index contributed by atoms with van der Waals surface area (Å²) in [6.45, 7) is 3.87. The van der Waals surface area contributed by atoms with Crippen LogP contribution in [0.25, 0.3) is 0 Å². The van der Waals surface area contributed by atoms with Crippen molar-refractivity contribution in [1.29, 1.82) is 0 Å². The molecular weight excluding hydrogens is 376 g/mol. The van der Waals surface area contributed by atoms with Crippen molar-refractivity contribution in [2.75, 3.05) is 26.7 Å². The molecule has 0 aromatic heterocycles. The fourth-order valence-electron chi connectivity index (χ4n) is 4.74. The van der Waals surface area contributed by atoms with E-state index >= 15 is 0 Å². The van der Waals surface area contributed by atoms with Gasteiger partial charge in [-0.05, 0) is 55.1 Å². The van der Waals surface area contributed by atoms with Crippen molar-refractivity contribution < 1.29 is 18.3 Å². The summed E-state index contributed by atoms with van der Waals surface area (Å²) in [4.78, 5) is 13.6. The van der Waals surface area contributed by atoms with Crippen LogP contribution in [0.5, 0.6) is 0 Å². The third-order valence-corrected chi connectivity index (χ3v) is 7.91. The van der Waals surface area contributed by atoms with E-state index in [4.69, 9.17) is 0 Å². The lowest BCUT2D eigenvalue weighted by atomic mass is 9.88. The molecule has 3 atom stereocenters. The van der Waals surface area contributed by atoms with Crippen LogP contribution in [0.4, 0.5) is 0 Å². The number of carboxylic acid groups (broad SMARTS) is 1. The van der Waals surface area contributed by atoms with Crippen LogP contribution < -0.4 is 0 Å². The Morgan fingerprint density at radius 2 is 1.82 bits per heavy atom. The first-order valence-corrected chi connectivity index (χ1v) is 10.8. The smallest absolute Gasteiger partial charge is 0.335 e. The predicted molar refractivity (Wildman–Crippen MR) is 106 cm³/mol. The Labute approximate surface area is 165 Å². The summed E-state index contributed by atoms with van der Waals surface area (Å²) in [6, 6.07) is 14.1. The molecule has 2 aliphatic heterocycles. The fourth-order valence-corrected chi connectivity index (χ4v) is 6.32. The molecule has 2 saturated heterocycles. The van der Waals surface area contributed by atoms with E-state index in [1.807, 2.05) is 12.1 Å². The normalized spacial score (nSPS) is 25.7. The standard InChI is InChI=1S/C21H24N2O4S/c1-14-6-3-4-9-18(14)20-19-13-23(12-16(19)11-22(20)2)28(26,27)17-8-5-7-15(10-17)21(24)25/h3-10,16,19-20H,11-13H2,1-2H3,(H,24,25)/t16-,19+,20-/m0/s1. The first-order chi connectivity index (χ1) is 13.3. The molecule has 2 aliphatic rings. The number of nitrogens with zero attached hydrogens (tertiary/aromatic N) is 2. The Balaban J connectivity index is 1.63. The minimum atomic E-state index is -3.72. The van der Waals surface area contributed by atoms with E-state index in [9.17, 15) is 18.3 Å². The highest BCUT2D eigenvalue weighted by Gasteiger charge is 2.49. The Bertz CT molecular complexity index is 1020. The number of likely N-dealkylation sites (tertiary alicyclic amines) is 1. The summed E-state index contributed by atoms with van der Waals surface area (Å²) in [5, 5.41) is 9.17. The van der Waals surface area contributed by atoms with Crippen LogP contribution in [0, 0.1) is 18.8 Å². The predicted octanol–water partition coefficient (Wildman–Crippen LogP) is 2.62. The quantitative estimate of drug-likeness (QED) is 0.854. The Kier molecular flexibility index (Phi) is 4.77. The molecule has 4 rings (SSSR count). The van der Waals surface area contributed by atoms with Gasteiger partial charge >= 0.3 is 5.97 Å².